The third-order valence-electron chi connectivity index (χ3n) is 5.32. The van der Waals surface area contributed by atoms with E-state index >= 15 is 0 Å². The summed E-state index contributed by atoms with van der Waals surface area (Å²) in [6.07, 6.45) is -3.48. The van der Waals surface area contributed by atoms with Gasteiger partial charge in [-0.25, -0.2) is 0 Å². The zero-order chi connectivity index (χ0) is 25.3. The van der Waals surface area contributed by atoms with Crippen molar-refractivity contribution in [2.75, 3.05) is 23.9 Å². The van der Waals surface area contributed by atoms with Gasteiger partial charge in [0.2, 0.25) is 0 Å². The minimum Gasteiger partial charge on any atom is -0.495 e. The quantitative estimate of drug-likeness (QED) is 0.582. The monoisotopic (exact) mass is 485 g/mol. The summed E-state index contributed by atoms with van der Waals surface area (Å²) >= 11 is 0. The number of nitriles is 1. The minimum absolute atomic E-state index is 0.113. The molecular formula is C23H18F3N5O4. The summed E-state index contributed by atoms with van der Waals surface area (Å²) in [5.41, 5.74) is 0.973. The van der Waals surface area contributed by atoms with Gasteiger partial charge < -0.3 is 19.7 Å². The number of methoxy groups -OCH3 is 1. The molecule has 3 aromatic rings. The van der Waals surface area contributed by atoms with Crippen LogP contribution in [0.1, 0.15) is 39.4 Å². The number of amides is 2. The average molecular weight is 485 g/mol. The predicted octanol–water partition coefficient (Wildman–Crippen LogP) is 4.14. The second-order valence-electron chi connectivity index (χ2n) is 7.64. The van der Waals surface area contributed by atoms with Gasteiger partial charge in [0.15, 0.2) is 5.69 Å². The van der Waals surface area contributed by atoms with E-state index in [4.69, 9.17) is 4.74 Å². The predicted molar refractivity (Wildman–Crippen MR) is 117 cm³/mol. The van der Waals surface area contributed by atoms with Crippen LogP contribution in [0.25, 0.3) is 0 Å². The van der Waals surface area contributed by atoms with Crippen LogP contribution in [-0.2, 0) is 0 Å². The highest BCUT2D eigenvalue weighted by Crippen LogP contribution is 2.32. The van der Waals surface area contributed by atoms with E-state index < -0.39 is 23.9 Å². The molecule has 0 fully saturated rings. The van der Waals surface area contributed by atoms with Gasteiger partial charge in [0.05, 0.1) is 30.6 Å². The smallest absolute Gasteiger partial charge is 0.495 e. The molecule has 9 nitrogen and oxygen atoms in total. The first-order chi connectivity index (χ1) is 16.6. The number of aromatic nitrogens is 2. The molecule has 1 aromatic heterocycles. The van der Waals surface area contributed by atoms with Crippen LogP contribution in [-0.4, -0.2) is 41.6 Å². The first-order valence-electron chi connectivity index (χ1n) is 10.3. The molecule has 0 saturated heterocycles. The van der Waals surface area contributed by atoms with Gasteiger partial charge in [0.1, 0.15) is 17.6 Å². The normalized spacial score (nSPS) is 15.3. The Morgan fingerprint density at radius 2 is 1.94 bits per heavy atom. The van der Waals surface area contributed by atoms with Crippen molar-refractivity contribution in [3.63, 3.8) is 0 Å². The number of nitrogens with zero attached hydrogens (tertiary/aromatic N) is 4. The van der Waals surface area contributed by atoms with Crippen molar-refractivity contribution in [3.05, 3.63) is 65.5 Å². The highest BCUT2D eigenvalue weighted by Gasteiger charge is 2.35. The first kappa shape index (κ1) is 23.6. The Bertz CT molecular complexity index is 1330. The molecule has 12 heteroatoms. The molecule has 180 valence electrons. The molecule has 1 aliphatic heterocycles. The van der Waals surface area contributed by atoms with Gasteiger partial charge in [-0.05, 0) is 49.4 Å². The Hall–Kier alpha value is -4.53. The second-order valence-corrected chi connectivity index (χ2v) is 7.64. The fourth-order valence-corrected chi connectivity index (χ4v) is 3.73. The highest BCUT2D eigenvalue weighted by molar-refractivity contribution is 6.13. The van der Waals surface area contributed by atoms with Crippen LogP contribution in [0.5, 0.6) is 11.5 Å². The number of ether oxygens (including phenoxy) is 2. The number of halogens is 3. The lowest BCUT2D eigenvalue weighted by atomic mass is 10.1. The largest absolute Gasteiger partial charge is 0.573 e. The topological polar surface area (TPSA) is 109 Å². The van der Waals surface area contributed by atoms with Crippen molar-refractivity contribution < 1.29 is 32.2 Å². The second kappa shape index (κ2) is 9.02. The van der Waals surface area contributed by atoms with Crippen molar-refractivity contribution in [1.29, 1.82) is 5.26 Å². The van der Waals surface area contributed by atoms with Gasteiger partial charge in [0.25, 0.3) is 11.8 Å². The number of nitrogens with one attached hydrogen (secondary N) is 1. The Morgan fingerprint density at radius 3 is 2.57 bits per heavy atom. The van der Waals surface area contributed by atoms with Crippen LogP contribution < -0.4 is 19.7 Å². The third kappa shape index (κ3) is 4.74. The van der Waals surface area contributed by atoms with Gasteiger partial charge in [-0.3, -0.25) is 14.3 Å². The van der Waals surface area contributed by atoms with Gasteiger partial charge in [0, 0.05) is 17.8 Å². The van der Waals surface area contributed by atoms with Gasteiger partial charge >= 0.3 is 6.36 Å². The maximum absolute atomic E-state index is 13.3. The van der Waals surface area contributed by atoms with Crippen LogP contribution >= 0.6 is 0 Å². The van der Waals surface area contributed by atoms with Gasteiger partial charge in [-0.1, -0.05) is 0 Å². The van der Waals surface area contributed by atoms with E-state index in [1.165, 1.54) is 53.2 Å². The molecule has 2 heterocycles. The van der Waals surface area contributed by atoms with Crippen molar-refractivity contribution >= 4 is 23.2 Å². The maximum atomic E-state index is 13.3. The van der Waals surface area contributed by atoms with E-state index in [2.05, 4.69) is 15.2 Å². The molecule has 0 saturated carbocycles. The van der Waals surface area contributed by atoms with Gasteiger partial charge in [-0.15, -0.1) is 13.2 Å². The van der Waals surface area contributed by atoms with E-state index in [1.54, 1.807) is 0 Å². The number of hydrogen-bond donors (Lipinski definition) is 1. The zero-order valence-electron chi connectivity index (χ0n) is 18.5. The van der Waals surface area contributed by atoms with Crippen molar-refractivity contribution in [2.45, 2.75) is 19.3 Å². The number of hydrogen-bond acceptors (Lipinski definition) is 6. The summed E-state index contributed by atoms with van der Waals surface area (Å²) in [6.45, 7) is 2.02. The number of alkyl halides is 3. The SMILES string of the molecule is COc1ccc(C(=O)Nc2cnn3c2C(=O)N(c2ccc(OC(F)(F)F)cc2)C[C@@H]3C)cc1C#N. The molecular weight excluding hydrogens is 467 g/mol. The lowest BCUT2D eigenvalue weighted by Gasteiger charge is -2.32. The average Bonchev–Trinajstić information content (AvgIpc) is 3.25. The fraction of sp³-hybridized carbons (Fsp3) is 0.217. The Labute approximate surface area is 197 Å². The zero-order valence-corrected chi connectivity index (χ0v) is 18.5. The highest BCUT2D eigenvalue weighted by atomic mass is 19.4. The molecule has 1 N–H and O–H groups in total. The summed E-state index contributed by atoms with van der Waals surface area (Å²) < 4.78 is 47.8. The lowest BCUT2D eigenvalue weighted by Crippen LogP contribution is -2.43. The van der Waals surface area contributed by atoms with Crippen LogP contribution in [0.15, 0.2) is 48.7 Å². The minimum atomic E-state index is -4.82. The summed E-state index contributed by atoms with van der Waals surface area (Å²) in [7, 11) is 1.41. The van der Waals surface area contributed by atoms with E-state index in [-0.39, 0.29) is 35.1 Å². The Kier molecular flexibility index (Phi) is 6.09. The van der Waals surface area contributed by atoms with Gasteiger partial charge in [-0.2, -0.15) is 10.4 Å². The molecule has 2 amide bonds. The number of benzene rings is 2. The maximum Gasteiger partial charge on any atom is 0.573 e. The first-order valence-corrected chi connectivity index (χ1v) is 10.3. The lowest BCUT2D eigenvalue weighted by molar-refractivity contribution is -0.274. The van der Waals surface area contributed by atoms with Crippen molar-refractivity contribution in [2.24, 2.45) is 0 Å². The molecule has 35 heavy (non-hydrogen) atoms. The third-order valence-corrected chi connectivity index (χ3v) is 5.32. The molecule has 4 rings (SSSR count). The number of carbonyl (C=O) groups is 2. The van der Waals surface area contributed by atoms with Crippen LogP contribution in [0.2, 0.25) is 0 Å². The Morgan fingerprint density at radius 1 is 1.23 bits per heavy atom. The molecule has 0 unspecified atom stereocenters. The van der Waals surface area contributed by atoms with Crippen LogP contribution in [0.4, 0.5) is 24.5 Å². The summed E-state index contributed by atoms with van der Waals surface area (Å²) in [4.78, 5) is 27.5. The summed E-state index contributed by atoms with van der Waals surface area (Å²) in [5, 5.41) is 16.1. The van der Waals surface area contributed by atoms with E-state index in [1.807, 2.05) is 13.0 Å². The summed E-state index contributed by atoms with van der Waals surface area (Å²) in [6, 6.07) is 10.9. The molecule has 0 bridgehead atoms. The van der Waals surface area contributed by atoms with Crippen molar-refractivity contribution in [3.8, 4) is 17.6 Å². The number of anilines is 2. The number of carbonyl (C=O) groups excluding carboxylic acids is 2. The molecule has 0 radical (unpaired) electrons. The Balaban J connectivity index is 1.59. The van der Waals surface area contributed by atoms with Crippen LogP contribution in [0.3, 0.4) is 0 Å². The number of rotatable bonds is 5. The summed E-state index contributed by atoms with van der Waals surface area (Å²) in [5.74, 6) is -1.15. The van der Waals surface area contributed by atoms with E-state index in [0.717, 1.165) is 12.1 Å². The van der Waals surface area contributed by atoms with Crippen LogP contribution in [0, 0.1) is 11.3 Å². The van der Waals surface area contributed by atoms with E-state index in [9.17, 15) is 28.0 Å². The molecule has 1 aliphatic rings. The van der Waals surface area contributed by atoms with Crippen molar-refractivity contribution in [1.82, 2.24) is 9.78 Å². The standard InChI is InChI=1S/C23H18F3N5O4/c1-13-12-30(16-4-6-17(7-5-16)35-23(24,25)26)22(33)20-18(11-28-31(13)20)29-21(32)14-3-8-19(34-2)15(9-14)10-27/h3-9,11,13H,12H2,1-2H3,(H,29,32)/t13-/m0/s1. The molecule has 2 aromatic carbocycles. The number of fused-ring (bicyclic) bond motifs is 1. The van der Waals surface area contributed by atoms with E-state index in [0.29, 0.717) is 11.4 Å². The molecule has 0 spiro atoms. The fourth-order valence-electron chi connectivity index (χ4n) is 3.73. The molecule has 1 atom stereocenters. The molecule has 0 aliphatic carbocycles.